The first-order valence-electron chi connectivity index (χ1n) is 6.24. The van der Waals surface area contributed by atoms with Crippen molar-refractivity contribution in [1.82, 2.24) is 4.31 Å². The van der Waals surface area contributed by atoms with Crippen molar-refractivity contribution >= 4 is 21.7 Å². The third kappa shape index (κ3) is 2.83. The van der Waals surface area contributed by atoms with Crippen molar-refractivity contribution in [2.24, 2.45) is 5.92 Å². The van der Waals surface area contributed by atoms with Crippen LogP contribution in [-0.4, -0.2) is 36.9 Å². The Morgan fingerprint density at radius 1 is 1.30 bits per heavy atom. The van der Waals surface area contributed by atoms with Gasteiger partial charge in [0.25, 0.3) is 0 Å². The number of carboxylic acids is 1. The van der Waals surface area contributed by atoms with E-state index in [1.807, 2.05) is 0 Å². The molecular formula is C12H16N2O5S. The molecule has 0 aromatic heterocycles. The summed E-state index contributed by atoms with van der Waals surface area (Å²) < 4.78 is 26.2. The number of nitrogens with zero attached hydrogens (tertiary/aromatic N) is 1. The fourth-order valence-corrected chi connectivity index (χ4v) is 3.93. The number of carbonyl (C=O) groups is 1. The Morgan fingerprint density at radius 3 is 2.45 bits per heavy atom. The monoisotopic (exact) mass is 300 g/mol. The van der Waals surface area contributed by atoms with Crippen molar-refractivity contribution in [2.45, 2.75) is 17.7 Å². The number of rotatable bonds is 4. The summed E-state index contributed by atoms with van der Waals surface area (Å²) >= 11 is 0. The maximum Gasteiger partial charge on any atom is 0.306 e. The molecule has 0 atom stereocenters. The highest BCUT2D eigenvalue weighted by molar-refractivity contribution is 7.89. The minimum Gasteiger partial charge on any atom is -0.630 e. The summed E-state index contributed by atoms with van der Waals surface area (Å²) in [6, 6.07) is 6.00. The average molecular weight is 300 g/mol. The summed E-state index contributed by atoms with van der Waals surface area (Å²) in [5, 5.41) is 19.8. The zero-order valence-corrected chi connectivity index (χ0v) is 11.5. The van der Waals surface area contributed by atoms with E-state index in [1.165, 1.54) is 16.4 Å². The maximum absolute atomic E-state index is 12.5. The molecule has 0 amide bonds. The molecule has 2 rings (SSSR count). The summed E-state index contributed by atoms with van der Waals surface area (Å²) in [5.74, 6) is -1.39. The molecule has 7 nitrogen and oxygen atoms in total. The van der Waals surface area contributed by atoms with E-state index in [4.69, 9.17) is 5.11 Å². The van der Waals surface area contributed by atoms with Gasteiger partial charge in [-0.3, -0.25) is 4.79 Å². The molecule has 1 saturated heterocycles. The van der Waals surface area contributed by atoms with Gasteiger partial charge in [-0.05, 0) is 18.9 Å². The van der Waals surface area contributed by atoms with E-state index in [0.29, 0.717) is 5.48 Å². The van der Waals surface area contributed by atoms with Crippen molar-refractivity contribution in [2.75, 3.05) is 13.1 Å². The molecule has 8 heteroatoms. The molecule has 0 saturated carbocycles. The fraction of sp³-hybridized carbons (Fsp3) is 0.417. The number of benzene rings is 1. The SMILES string of the molecule is O=C(O)C1CCN(S(=O)(=O)c2ccccc2[NH2+][O-])CC1. The Kier molecular flexibility index (Phi) is 4.39. The highest BCUT2D eigenvalue weighted by Gasteiger charge is 2.33. The number of carboxylic acid groups (broad SMARTS) is 1. The molecule has 1 aliphatic rings. The second-order valence-electron chi connectivity index (χ2n) is 4.67. The van der Waals surface area contributed by atoms with Crippen LogP contribution in [-0.2, 0) is 14.8 Å². The molecule has 0 radical (unpaired) electrons. The maximum atomic E-state index is 12.5. The smallest absolute Gasteiger partial charge is 0.306 e. The molecular weight excluding hydrogens is 284 g/mol. The Balaban J connectivity index is 2.22. The second kappa shape index (κ2) is 5.88. The van der Waals surface area contributed by atoms with Crippen LogP contribution in [0.3, 0.4) is 0 Å². The van der Waals surface area contributed by atoms with Gasteiger partial charge in [0, 0.05) is 19.2 Å². The first kappa shape index (κ1) is 14.9. The van der Waals surface area contributed by atoms with Crippen LogP contribution < -0.4 is 5.48 Å². The summed E-state index contributed by atoms with van der Waals surface area (Å²) in [6.07, 6.45) is 0.579. The lowest BCUT2D eigenvalue weighted by Gasteiger charge is -2.29. The highest BCUT2D eigenvalue weighted by atomic mass is 32.2. The van der Waals surface area contributed by atoms with Crippen molar-refractivity contribution < 1.29 is 23.8 Å². The van der Waals surface area contributed by atoms with Crippen molar-refractivity contribution in [3.05, 3.63) is 29.5 Å². The average Bonchev–Trinajstić information content (AvgIpc) is 2.47. The third-order valence-corrected chi connectivity index (χ3v) is 5.44. The first-order valence-corrected chi connectivity index (χ1v) is 7.68. The molecule has 0 spiro atoms. The van der Waals surface area contributed by atoms with Gasteiger partial charge in [0.05, 0.1) is 5.92 Å². The molecule has 110 valence electrons. The molecule has 0 bridgehead atoms. The van der Waals surface area contributed by atoms with Gasteiger partial charge in [0.15, 0.2) is 0 Å². The van der Waals surface area contributed by atoms with Gasteiger partial charge in [-0.2, -0.15) is 4.31 Å². The standard InChI is InChI=1S/C12H16N2O5S/c15-12(16)9-5-7-14(8-6-9)20(18,19)11-4-2-1-3-10(11)13-17/h1-4,9H,5-8,13H2,(H,15,16). The lowest BCUT2D eigenvalue weighted by Crippen LogP contribution is -2.70. The van der Waals surface area contributed by atoms with Crippen LogP contribution in [0.5, 0.6) is 0 Å². The summed E-state index contributed by atoms with van der Waals surface area (Å²) in [6.45, 7) is 0.318. The normalized spacial score (nSPS) is 18.1. The Bertz CT molecular complexity index is 594. The zero-order valence-electron chi connectivity index (χ0n) is 10.7. The molecule has 1 aliphatic heterocycles. The van der Waals surface area contributed by atoms with Gasteiger partial charge >= 0.3 is 5.97 Å². The number of quaternary nitrogens is 1. The van der Waals surface area contributed by atoms with Gasteiger partial charge in [-0.25, -0.2) is 8.42 Å². The number of aliphatic carboxylic acids is 1. The predicted octanol–water partition coefficient (Wildman–Crippen LogP) is -0.135. The van der Waals surface area contributed by atoms with Gasteiger partial charge < -0.3 is 15.8 Å². The van der Waals surface area contributed by atoms with E-state index < -0.39 is 21.9 Å². The minimum absolute atomic E-state index is 0.0243. The van der Waals surface area contributed by atoms with Gasteiger partial charge in [0.1, 0.15) is 10.6 Å². The molecule has 0 unspecified atom stereocenters. The number of hydrogen-bond donors (Lipinski definition) is 2. The van der Waals surface area contributed by atoms with Gasteiger partial charge in [-0.1, -0.05) is 12.1 Å². The van der Waals surface area contributed by atoms with Crippen LogP contribution in [0, 0.1) is 11.1 Å². The van der Waals surface area contributed by atoms with E-state index in [2.05, 4.69) is 0 Å². The van der Waals surface area contributed by atoms with Crippen molar-refractivity contribution in [3.63, 3.8) is 0 Å². The highest BCUT2D eigenvalue weighted by Crippen LogP contribution is 2.26. The lowest BCUT2D eigenvalue weighted by molar-refractivity contribution is -0.499. The Hall–Kier alpha value is -1.48. The Morgan fingerprint density at radius 2 is 1.90 bits per heavy atom. The molecule has 0 aliphatic carbocycles. The third-order valence-electron chi connectivity index (χ3n) is 3.47. The van der Waals surface area contributed by atoms with Gasteiger partial charge in [0.2, 0.25) is 10.0 Å². The first-order chi connectivity index (χ1) is 9.46. The lowest BCUT2D eigenvalue weighted by atomic mass is 9.99. The molecule has 3 N–H and O–H groups in total. The van der Waals surface area contributed by atoms with Crippen LogP contribution in [0.4, 0.5) is 5.69 Å². The van der Waals surface area contributed by atoms with E-state index in [-0.39, 0.29) is 36.5 Å². The molecule has 1 aromatic carbocycles. The topological polar surface area (TPSA) is 114 Å². The van der Waals surface area contributed by atoms with Crippen molar-refractivity contribution in [3.8, 4) is 0 Å². The number of nitrogens with two attached hydrogens (primary N) is 1. The fourth-order valence-electron chi connectivity index (χ4n) is 2.30. The number of piperidine rings is 1. The largest absolute Gasteiger partial charge is 0.630 e. The summed E-state index contributed by atoms with van der Waals surface area (Å²) in [5.41, 5.74) is 0.629. The van der Waals surface area contributed by atoms with E-state index >= 15 is 0 Å². The van der Waals surface area contributed by atoms with E-state index in [1.54, 1.807) is 12.1 Å². The summed E-state index contributed by atoms with van der Waals surface area (Å²) in [7, 11) is -3.74. The van der Waals surface area contributed by atoms with E-state index in [0.717, 1.165) is 0 Å². The molecule has 1 aromatic rings. The molecule has 1 heterocycles. The number of hydrogen-bond acceptors (Lipinski definition) is 4. The van der Waals surface area contributed by atoms with E-state index in [9.17, 15) is 18.4 Å². The quantitative estimate of drug-likeness (QED) is 0.593. The summed E-state index contributed by atoms with van der Waals surface area (Å²) in [4.78, 5) is 10.8. The van der Waals surface area contributed by atoms with Gasteiger partial charge in [-0.15, -0.1) is 0 Å². The van der Waals surface area contributed by atoms with Crippen LogP contribution in [0.15, 0.2) is 29.2 Å². The van der Waals surface area contributed by atoms with Crippen LogP contribution in [0.1, 0.15) is 12.8 Å². The van der Waals surface area contributed by atoms with Crippen molar-refractivity contribution in [1.29, 1.82) is 0 Å². The Labute approximate surface area is 116 Å². The van der Waals surface area contributed by atoms with Crippen LogP contribution in [0.2, 0.25) is 0 Å². The molecule has 20 heavy (non-hydrogen) atoms. The zero-order chi connectivity index (χ0) is 14.8. The number of sulfonamides is 1. The predicted molar refractivity (Wildman–Crippen MR) is 70.5 cm³/mol. The second-order valence-corrected chi connectivity index (χ2v) is 6.58. The van der Waals surface area contributed by atoms with Crippen LogP contribution in [0.25, 0.3) is 0 Å². The molecule has 1 fully saturated rings. The minimum atomic E-state index is -3.74. The van der Waals surface area contributed by atoms with Crippen LogP contribution >= 0.6 is 0 Å².